The van der Waals surface area contributed by atoms with Gasteiger partial charge in [0.25, 0.3) is 5.91 Å². The Labute approximate surface area is 182 Å². The Balaban J connectivity index is 0.00000240. The summed E-state index contributed by atoms with van der Waals surface area (Å²) in [7, 11) is 0. The highest BCUT2D eigenvalue weighted by Crippen LogP contribution is 2.28. The summed E-state index contributed by atoms with van der Waals surface area (Å²) in [6.45, 7) is 3.51. The van der Waals surface area contributed by atoms with Crippen LogP contribution in [0.25, 0.3) is 0 Å². The molecule has 2 heterocycles. The fourth-order valence-corrected chi connectivity index (χ4v) is 4.24. The van der Waals surface area contributed by atoms with E-state index in [1.54, 1.807) is 29.2 Å². The van der Waals surface area contributed by atoms with Crippen LogP contribution < -0.4 is 5.32 Å². The van der Waals surface area contributed by atoms with Crippen LogP contribution in [0.2, 0.25) is 5.02 Å². The van der Waals surface area contributed by atoms with E-state index in [1.165, 1.54) is 0 Å². The molecule has 0 aliphatic carbocycles. The van der Waals surface area contributed by atoms with Gasteiger partial charge in [0.2, 0.25) is 5.91 Å². The van der Waals surface area contributed by atoms with E-state index in [-0.39, 0.29) is 24.2 Å². The average molecular weight is 434 g/mol. The number of carbonyl (C=O) groups is 2. The molecule has 2 aromatic carbocycles. The standard InChI is InChI=1S/C22H24ClN3O2.ClH/c23-19-9-4-3-8-18(19)21(27)26-15-17-7-2-1-6-16(17)14-20(26)22(28)25-12-5-10-24-11-13-25;/h1-4,6-9,20,24H,5,10-15H2;1H. The third-order valence-corrected chi connectivity index (χ3v) is 5.88. The molecule has 1 N–H and O–H groups in total. The smallest absolute Gasteiger partial charge is 0.256 e. The van der Waals surface area contributed by atoms with E-state index in [2.05, 4.69) is 11.4 Å². The second kappa shape index (κ2) is 9.61. The van der Waals surface area contributed by atoms with E-state index >= 15 is 0 Å². The monoisotopic (exact) mass is 433 g/mol. The summed E-state index contributed by atoms with van der Waals surface area (Å²) in [6, 6.07) is 14.6. The van der Waals surface area contributed by atoms with E-state index in [0.717, 1.165) is 37.2 Å². The molecule has 2 aromatic rings. The fourth-order valence-electron chi connectivity index (χ4n) is 4.02. The van der Waals surface area contributed by atoms with Crippen molar-refractivity contribution in [2.75, 3.05) is 26.2 Å². The molecule has 0 saturated carbocycles. The molecular formula is C22H25Cl2N3O2. The summed E-state index contributed by atoms with van der Waals surface area (Å²) >= 11 is 6.29. The normalized spacial score (nSPS) is 19.0. The molecule has 1 fully saturated rings. The Morgan fingerprint density at radius 2 is 1.69 bits per heavy atom. The van der Waals surface area contributed by atoms with Gasteiger partial charge in [-0.15, -0.1) is 12.4 Å². The molecule has 2 amide bonds. The Morgan fingerprint density at radius 3 is 2.48 bits per heavy atom. The average Bonchev–Trinajstić information content (AvgIpc) is 3.02. The summed E-state index contributed by atoms with van der Waals surface area (Å²) in [5.41, 5.74) is 2.67. The van der Waals surface area contributed by atoms with Crippen molar-refractivity contribution in [2.24, 2.45) is 0 Å². The quantitative estimate of drug-likeness (QED) is 0.790. The molecule has 0 bridgehead atoms. The van der Waals surface area contributed by atoms with Gasteiger partial charge in [-0.1, -0.05) is 48.0 Å². The second-order valence-corrected chi connectivity index (χ2v) is 7.74. The molecule has 2 aliphatic rings. The molecule has 0 aromatic heterocycles. The van der Waals surface area contributed by atoms with Crippen molar-refractivity contribution < 1.29 is 9.59 Å². The van der Waals surface area contributed by atoms with Crippen molar-refractivity contribution in [3.8, 4) is 0 Å². The van der Waals surface area contributed by atoms with Crippen LogP contribution in [0, 0.1) is 0 Å². The highest BCUT2D eigenvalue weighted by atomic mass is 35.5. The molecule has 29 heavy (non-hydrogen) atoms. The van der Waals surface area contributed by atoms with Crippen LogP contribution in [0.15, 0.2) is 48.5 Å². The van der Waals surface area contributed by atoms with Crippen LogP contribution in [0.5, 0.6) is 0 Å². The van der Waals surface area contributed by atoms with Crippen LogP contribution in [0.4, 0.5) is 0 Å². The van der Waals surface area contributed by atoms with Crippen LogP contribution in [-0.2, 0) is 17.8 Å². The molecule has 4 rings (SSSR count). The largest absolute Gasteiger partial charge is 0.340 e. The van der Waals surface area contributed by atoms with Gasteiger partial charge < -0.3 is 15.1 Å². The Morgan fingerprint density at radius 1 is 0.966 bits per heavy atom. The van der Waals surface area contributed by atoms with Gasteiger partial charge in [0, 0.05) is 32.6 Å². The van der Waals surface area contributed by atoms with Gasteiger partial charge in [0.1, 0.15) is 6.04 Å². The predicted octanol–water partition coefficient (Wildman–Crippen LogP) is 3.15. The van der Waals surface area contributed by atoms with Crippen LogP contribution in [0.1, 0.15) is 27.9 Å². The van der Waals surface area contributed by atoms with Gasteiger partial charge in [-0.25, -0.2) is 0 Å². The summed E-state index contributed by atoms with van der Waals surface area (Å²) in [5, 5.41) is 3.74. The first kappa shape index (κ1) is 21.6. The molecule has 5 nitrogen and oxygen atoms in total. The summed E-state index contributed by atoms with van der Waals surface area (Å²) in [4.78, 5) is 30.4. The molecule has 2 aliphatic heterocycles. The number of rotatable bonds is 2. The van der Waals surface area contributed by atoms with Gasteiger partial charge in [0.15, 0.2) is 0 Å². The van der Waals surface area contributed by atoms with E-state index < -0.39 is 6.04 Å². The van der Waals surface area contributed by atoms with E-state index in [0.29, 0.717) is 30.1 Å². The van der Waals surface area contributed by atoms with E-state index in [4.69, 9.17) is 11.6 Å². The van der Waals surface area contributed by atoms with Crippen molar-refractivity contribution in [3.63, 3.8) is 0 Å². The van der Waals surface area contributed by atoms with Crippen molar-refractivity contribution >= 4 is 35.8 Å². The lowest BCUT2D eigenvalue weighted by atomic mass is 9.92. The van der Waals surface area contributed by atoms with Gasteiger partial charge in [0.05, 0.1) is 10.6 Å². The van der Waals surface area contributed by atoms with Crippen molar-refractivity contribution in [2.45, 2.75) is 25.4 Å². The first-order valence-electron chi connectivity index (χ1n) is 9.77. The highest BCUT2D eigenvalue weighted by molar-refractivity contribution is 6.33. The number of halogens is 2. The minimum absolute atomic E-state index is 0. The summed E-state index contributed by atoms with van der Waals surface area (Å²) < 4.78 is 0. The molecular weight excluding hydrogens is 409 g/mol. The van der Waals surface area contributed by atoms with Gasteiger partial charge in [-0.2, -0.15) is 0 Å². The lowest BCUT2D eigenvalue weighted by molar-refractivity contribution is -0.136. The predicted molar refractivity (Wildman–Crippen MR) is 117 cm³/mol. The molecule has 0 spiro atoms. The number of hydrogen-bond donors (Lipinski definition) is 1. The third kappa shape index (κ3) is 4.58. The molecule has 7 heteroatoms. The van der Waals surface area contributed by atoms with E-state index in [1.807, 2.05) is 23.1 Å². The number of amides is 2. The second-order valence-electron chi connectivity index (χ2n) is 7.33. The topological polar surface area (TPSA) is 52.7 Å². The molecule has 154 valence electrons. The van der Waals surface area contributed by atoms with Gasteiger partial charge in [-0.3, -0.25) is 9.59 Å². The summed E-state index contributed by atoms with van der Waals surface area (Å²) in [6.07, 6.45) is 1.46. The van der Waals surface area contributed by atoms with Gasteiger partial charge >= 0.3 is 0 Å². The minimum Gasteiger partial charge on any atom is -0.340 e. The Bertz CT molecular complexity index is 882. The lowest BCUT2D eigenvalue weighted by Crippen LogP contribution is -2.54. The Kier molecular flexibility index (Phi) is 7.17. The molecule has 1 unspecified atom stereocenters. The van der Waals surface area contributed by atoms with Gasteiger partial charge in [-0.05, 0) is 36.2 Å². The Hall–Kier alpha value is -2.08. The first-order valence-corrected chi connectivity index (χ1v) is 10.1. The first-order chi connectivity index (χ1) is 13.6. The maximum atomic E-state index is 13.4. The number of fused-ring (bicyclic) bond motifs is 1. The number of benzene rings is 2. The SMILES string of the molecule is Cl.O=C(C1Cc2ccccc2CN1C(=O)c1ccccc1Cl)N1CCCNCC1. The van der Waals surface area contributed by atoms with Crippen LogP contribution in [0.3, 0.4) is 0 Å². The number of carbonyl (C=O) groups excluding carboxylic acids is 2. The fraction of sp³-hybridized carbons (Fsp3) is 0.364. The summed E-state index contributed by atoms with van der Waals surface area (Å²) in [5.74, 6) is -0.162. The molecule has 0 radical (unpaired) electrons. The van der Waals surface area contributed by atoms with Crippen molar-refractivity contribution in [3.05, 3.63) is 70.2 Å². The molecule has 1 atom stereocenters. The number of hydrogen-bond acceptors (Lipinski definition) is 3. The zero-order chi connectivity index (χ0) is 19.5. The van der Waals surface area contributed by atoms with E-state index in [9.17, 15) is 9.59 Å². The van der Waals surface area contributed by atoms with Crippen molar-refractivity contribution in [1.82, 2.24) is 15.1 Å². The maximum Gasteiger partial charge on any atom is 0.256 e. The van der Waals surface area contributed by atoms with Crippen LogP contribution >= 0.6 is 24.0 Å². The van der Waals surface area contributed by atoms with Crippen LogP contribution in [-0.4, -0.2) is 53.8 Å². The maximum absolute atomic E-state index is 13.4. The number of nitrogens with one attached hydrogen (secondary N) is 1. The highest BCUT2D eigenvalue weighted by Gasteiger charge is 2.37. The third-order valence-electron chi connectivity index (χ3n) is 5.55. The minimum atomic E-state index is -0.503. The lowest BCUT2D eigenvalue weighted by Gasteiger charge is -2.38. The number of nitrogens with zero attached hydrogens (tertiary/aromatic N) is 2. The zero-order valence-electron chi connectivity index (χ0n) is 16.1. The zero-order valence-corrected chi connectivity index (χ0v) is 17.7. The molecule has 1 saturated heterocycles. The van der Waals surface area contributed by atoms with Crippen molar-refractivity contribution in [1.29, 1.82) is 0 Å².